The molecule has 0 amide bonds. The van der Waals surface area contributed by atoms with Crippen LogP contribution in [0.25, 0.3) is 11.3 Å². The van der Waals surface area contributed by atoms with Crippen molar-refractivity contribution in [2.24, 2.45) is 0 Å². The number of rotatable bonds is 2. The summed E-state index contributed by atoms with van der Waals surface area (Å²) >= 11 is 10.6. The van der Waals surface area contributed by atoms with Crippen molar-refractivity contribution in [2.75, 3.05) is 0 Å². The molecule has 0 N–H and O–H groups in total. The van der Waals surface area contributed by atoms with Crippen LogP contribution in [0.1, 0.15) is 5.69 Å². The van der Waals surface area contributed by atoms with Gasteiger partial charge in [0.2, 0.25) is 0 Å². The first-order chi connectivity index (χ1) is 6.31. The number of aromatic nitrogens is 1. The molecule has 5 heteroatoms. The fourth-order valence-corrected chi connectivity index (χ4v) is 2.29. The number of nitrogens with zero attached hydrogens (tertiary/aromatic N) is 1. The number of oxazole rings is 1. The molecule has 0 aliphatic heterocycles. The number of halogens is 2. The van der Waals surface area contributed by atoms with E-state index < -0.39 is 0 Å². The van der Waals surface area contributed by atoms with E-state index in [0.29, 0.717) is 5.33 Å². The highest BCUT2D eigenvalue weighted by Gasteiger charge is 2.10. The van der Waals surface area contributed by atoms with Gasteiger partial charge in [-0.15, -0.1) is 11.3 Å². The molecule has 2 heterocycles. The van der Waals surface area contributed by atoms with Crippen LogP contribution >= 0.6 is 38.9 Å². The third kappa shape index (κ3) is 1.80. The molecule has 13 heavy (non-hydrogen) atoms. The van der Waals surface area contributed by atoms with Crippen molar-refractivity contribution in [3.63, 3.8) is 0 Å². The van der Waals surface area contributed by atoms with Crippen LogP contribution in [0.3, 0.4) is 0 Å². The van der Waals surface area contributed by atoms with Gasteiger partial charge >= 0.3 is 0 Å². The summed E-state index contributed by atoms with van der Waals surface area (Å²) in [6.07, 6.45) is 1.44. The second kappa shape index (κ2) is 3.82. The van der Waals surface area contributed by atoms with E-state index in [1.165, 1.54) is 17.7 Å². The molecule has 2 aromatic heterocycles. The average molecular weight is 279 g/mol. The Hall–Kier alpha value is -0.320. The van der Waals surface area contributed by atoms with Crippen LogP contribution in [-0.2, 0) is 5.33 Å². The molecule has 0 aromatic carbocycles. The lowest BCUT2D eigenvalue weighted by atomic mass is 10.2. The van der Waals surface area contributed by atoms with Crippen LogP contribution in [0.5, 0.6) is 0 Å². The molecule has 68 valence electrons. The van der Waals surface area contributed by atoms with Crippen molar-refractivity contribution in [1.29, 1.82) is 0 Å². The van der Waals surface area contributed by atoms with Crippen LogP contribution in [-0.4, -0.2) is 4.98 Å². The van der Waals surface area contributed by atoms with Gasteiger partial charge in [0.05, 0.1) is 10.0 Å². The van der Waals surface area contributed by atoms with Gasteiger partial charge in [-0.3, -0.25) is 0 Å². The average Bonchev–Trinajstić information content (AvgIpc) is 2.71. The van der Waals surface area contributed by atoms with Gasteiger partial charge in [0.25, 0.3) is 0 Å². The standard InChI is InChI=1S/C8H5BrClNOS/c9-2-6-8(12-4-11-6)5-1-7(10)13-3-5/h1,3-4H,2H2. The first-order valence-corrected chi connectivity index (χ1v) is 5.92. The van der Waals surface area contributed by atoms with Crippen LogP contribution in [0.15, 0.2) is 22.3 Å². The van der Waals surface area contributed by atoms with E-state index in [9.17, 15) is 0 Å². The molecule has 0 saturated heterocycles. The fourth-order valence-electron chi connectivity index (χ4n) is 1.03. The summed E-state index contributed by atoms with van der Waals surface area (Å²) in [7, 11) is 0. The molecule has 0 atom stereocenters. The highest BCUT2D eigenvalue weighted by molar-refractivity contribution is 9.08. The van der Waals surface area contributed by atoms with Gasteiger partial charge in [0.1, 0.15) is 0 Å². The molecule has 0 aliphatic rings. The minimum Gasteiger partial charge on any atom is -0.443 e. The molecule has 2 aromatic rings. The van der Waals surface area contributed by atoms with Crippen molar-refractivity contribution >= 4 is 38.9 Å². The maximum absolute atomic E-state index is 5.82. The molecule has 0 radical (unpaired) electrons. The Bertz CT molecular complexity index is 412. The molecular formula is C8H5BrClNOS. The van der Waals surface area contributed by atoms with Gasteiger partial charge in [-0.25, -0.2) is 4.98 Å². The first kappa shape index (κ1) is 9.24. The van der Waals surface area contributed by atoms with Crippen molar-refractivity contribution < 1.29 is 4.42 Å². The molecule has 0 saturated carbocycles. The predicted octanol–water partition coefficient (Wildman–Crippen LogP) is 3.95. The van der Waals surface area contributed by atoms with E-state index in [-0.39, 0.29) is 0 Å². The third-order valence-electron chi connectivity index (χ3n) is 1.60. The predicted molar refractivity (Wildman–Crippen MR) is 57.5 cm³/mol. The van der Waals surface area contributed by atoms with Gasteiger partial charge in [-0.05, 0) is 6.07 Å². The minimum absolute atomic E-state index is 0.687. The summed E-state index contributed by atoms with van der Waals surface area (Å²) in [6, 6.07) is 1.87. The second-order valence-corrected chi connectivity index (χ2v) is 4.50. The van der Waals surface area contributed by atoms with Gasteiger partial charge in [-0.2, -0.15) is 0 Å². The van der Waals surface area contributed by atoms with Crippen molar-refractivity contribution in [1.82, 2.24) is 4.98 Å². The Labute approximate surface area is 92.7 Å². The molecule has 0 bridgehead atoms. The summed E-state index contributed by atoms with van der Waals surface area (Å²) in [5.41, 5.74) is 1.89. The monoisotopic (exact) mass is 277 g/mol. The van der Waals surface area contributed by atoms with Gasteiger partial charge < -0.3 is 4.42 Å². The van der Waals surface area contributed by atoms with E-state index in [4.69, 9.17) is 16.0 Å². The van der Waals surface area contributed by atoms with Crippen LogP contribution in [0, 0.1) is 0 Å². The van der Waals surface area contributed by atoms with Gasteiger partial charge in [0, 0.05) is 16.3 Å². The highest BCUT2D eigenvalue weighted by Crippen LogP contribution is 2.31. The summed E-state index contributed by atoms with van der Waals surface area (Å²) in [5.74, 6) is 0.792. The van der Waals surface area contributed by atoms with E-state index in [2.05, 4.69) is 20.9 Å². The third-order valence-corrected chi connectivity index (χ3v) is 3.22. The number of thiophene rings is 1. The molecule has 0 spiro atoms. The Morgan fingerprint density at radius 1 is 1.62 bits per heavy atom. The van der Waals surface area contributed by atoms with Crippen LogP contribution in [0.2, 0.25) is 4.34 Å². The van der Waals surface area contributed by atoms with E-state index in [0.717, 1.165) is 21.4 Å². The molecular weight excluding hydrogens is 274 g/mol. The first-order valence-electron chi connectivity index (χ1n) is 3.54. The van der Waals surface area contributed by atoms with Crippen molar-refractivity contribution in [3.05, 3.63) is 27.9 Å². The quantitative estimate of drug-likeness (QED) is 0.777. The summed E-state index contributed by atoms with van der Waals surface area (Å²) in [6.45, 7) is 0. The van der Waals surface area contributed by atoms with E-state index >= 15 is 0 Å². The zero-order chi connectivity index (χ0) is 9.26. The Morgan fingerprint density at radius 3 is 3.08 bits per heavy atom. The zero-order valence-corrected chi connectivity index (χ0v) is 9.62. The lowest BCUT2D eigenvalue weighted by molar-refractivity contribution is 0.571. The molecule has 0 aliphatic carbocycles. The van der Waals surface area contributed by atoms with Crippen molar-refractivity contribution in [2.45, 2.75) is 5.33 Å². The van der Waals surface area contributed by atoms with Crippen LogP contribution in [0.4, 0.5) is 0 Å². The highest BCUT2D eigenvalue weighted by atomic mass is 79.9. The number of alkyl halides is 1. The fraction of sp³-hybridized carbons (Fsp3) is 0.125. The zero-order valence-electron chi connectivity index (χ0n) is 6.46. The van der Waals surface area contributed by atoms with Gasteiger partial charge in [0.15, 0.2) is 12.2 Å². The molecule has 0 fully saturated rings. The molecule has 2 nitrogen and oxygen atoms in total. The summed E-state index contributed by atoms with van der Waals surface area (Å²) in [4.78, 5) is 4.07. The molecule has 0 unspecified atom stereocenters. The maximum Gasteiger partial charge on any atom is 0.181 e. The second-order valence-electron chi connectivity index (χ2n) is 2.40. The number of hydrogen-bond acceptors (Lipinski definition) is 3. The smallest absolute Gasteiger partial charge is 0.181 e. The summed E-state index contributed by atoms with van der Waals surface area (Å²) in [5, 5.41) is 2.64. The SMILES string of the molecule is Clc1cc(-c2ocnc2CBr)cs1. The Kier molecular flexibility index (Phi) is 2.71. The normalized spacial score (nSPS) is 10.6. The largest absolute Gasteiger partial charge is 0.443 e. The minimum atomic E-state index is 0.687. The Morgan fingerprint density at radius 2 is 2.46 bits per heavy atom. The maximum atomic E-state index is 5.82. The Balaban J connectivity index is 2.45. The number of hydrogen-bond donors (Lipinski definition) is 0. The lowest BCUT2D eigenvalue weighted by Crippen LogP contribution is -1.79. The molecule has 2 rings (SSSR count). The summed E-state index contributed by atoms with van der Waals surface area (Å²) < 4.78 is 6.02. The van der Waals surface area contributed by atoms with Crippen molar-refractivity contribution in [3.8, 4) is 11.3 Å². The lowest BCUT2D eigenvalue weighted by Gasteiger charge is -1.92. The van der Waals surface area contributed by atoms with E-state index in [1.54, 1.807) is 0 Å². The van der Waals surface area contributed by atoms with Gasteiger partial charge in [-0.1, -0.05) is 27.5 Å². The van der Waals surface area contributed by atoms with Crippen LogP contribution < -0.4 is 0 Å². The van der Waals surface area contributed by atoms with E-state index in [1.807, 2.05) is 11.4 Å². The topological polar surface area (TPSA) is 26.0 Å².